The first-order valence-electron chi connectivity index (χ1n) is 4.09. The monoisotopic (exact) mass is 216 g/mol. The molecule has 0 saturated carbocycles. The van der Waals surface area contributed by atoms with Crippen molar-refractivity contribution in [3.63, 3.8) is 0 Å². The number of carbonyl (C=O) groups excluding carboxylic acids is 2. The van der Waals surface area contributed by atoms with Crippen LogP contribution in [-0.2, 0) is 19.1 Å². The first-order chi connectivity index (χ1) is 6.37. The fourth-order valence-corrected chi connectivity index (χ4v) is 1.41. The summed E-state index contributed by atoms with van der Waals surface area (Å²) < 4.78 is 9.85. The van der Waals surface area contributed by atoms with Crippen molar-refractivity contribution in [2.45, 2.75) is 26.6 Å². The van der Waals surface area contributed by atoms with Crippen LogP contribution in [0.25, 0.3) is 0 Å². The highest BCUT2D eigenvalue weighted by Crippen LogP contribution is 2.27. The van der Waals surface area contributed by atoms with Crippen LogP contribution in [-0.4, -0.2) is 24.0 Å². The van der Waals surface area contributed by atoms with E-state index in [9.17, 15) is 9.59 Å². The molecular weight excluding hydrogens is 204 g/mol. The normalized spacial score (nSPS) is 20.1. The highest BCUT2D eigenvalue weighted by molar-refractivity contribution is 8.02. The number of hydrogen-bond acceptors (Lipinski definition) is 5. The zero-order valence-corrected chi connectivity index (χ0v) is 9.36. The Hall–Kier alpha value is -0.970. The van der Waals surface area contributed by atoms with Crippen LogP contribution >= 0.6 is 11.8 Å². The maximum atomic E-state index is 11.4. The highest BCUT2D eigenvalue weighted by atomic mass is 32.2. The Bertz CT molecular complexity index is 295. The van der Waals surface area contributed by atoms with Gasteiger partial charge in [-0.2, -0.15) is 0 Å². The van der Waals surface area contributed by atoms with Gasteiger partial charge in [0.25, 0.3) is 5.79 Å². The summed E-state index contributed by atoms with van der Waals surface area (Å²) in [5.74, 6) is -2.38. The van der Waals surface area contributed by atoms with Gasteiger partial charge in [-0.05, 0) is 13.2 Å². The van der Waals surface area contributed by atoms with Crippen LogP contribution in [0.2, 0.25) is 0 Å². The van der Waals surface area contributed by atoms with E-state index in [2.05, 4.69) is 0 Å². The maximum Gasteiger partial charge on any atom is 0.349 e. The summed E-state index contributed by atoms with van der Waals surface area (Å²) >= 11 is 1.32. The molecule has 1 aliphatic heterocycles. The lowest BCUT2D eigenvalue weighted by molar-refractivity contribution is -0.222. The van der Waals surface area contributed by atoms with Crippen LogP contribution < -0.4 is 0 Å². The molecule has 1 fully saturated rings. The molecule has 0 aromatic rings. The molecule has 0 amide bonds. The Morgan fingerprint density at radius 3 is 2.00 bits per heavy atom. The second kappa shape index (κ2) is 3.65. The van der Waals surface area contributed by atoms with Crippen molar-refractivity contribution >= 4 is 23.7 Å². The number of carbonyl (C=O) groups is 2. The Morgan fingerprint density at radius 2 is 1.64 bits per heavy atom. The van der Waals surface area contributed by atoms with Gasteiger partial charge in [0, 0.05) is 18.8 Å². The summed E-state index contributed by atoms with van der Waals surface area (Å²) in [6.07, 6.45) is 1.78. The second-order valence-electron chi connectivity index (χ2n) is 3.31. The van der Waals surface area contributed by atoms with E-state index >= 15 is 0 Å². The van der Waals surface area contributed by atoms with Gasteiger partial charge in [0.15, 0.2) is 5.57 Å². The van der Waals surface area contributed by atoms with Gasteiger partial charge in [0.1, 0.15) is 0 Å². The van der Waals surface area contributed by atoms with E-state index in [4.69, 9.17) is 9.47 Å². The van der Waals surface area contributed by atoms with Gasteiger partial charge in [-0.3, -0.25) is 0 Å². The Labute approximate surface area is 86.6 Å². The van der Waals surface area contributed by atoms with E-state index in [0.717, 1.165) is 0 Å². The molecule has 0 atom stereocenters. The molecule has 0 aromatic carbocycles. The lowest BCUT2D eigenvalue weighted by Crippen LogP contribution is -2.42. The van der Waals surface area contributed by atoms with Gasteiger partial charge in [0.05, 0.1) is 0 Å². The Kier molecular flexibility index (Phi) is 2.89. The highest BCUT2D eigenvalue weighted by Gasteiger charge is 2.39. The average molecular weight is 216 g/mol. The number of cyclic esters (lactones) is 2. The van der Waals surface area contributed by atoms with E-state index in [1.54, 1.807) is 13.2 Å². The first kappa shape index (κ1) is 11.1. The lowest BCUT2D eigenvalue weighted by Gasteiger charge is -2.30. The molecule has 5 heteroatoms. The van der Waals surface area contributed by atoms with Crippen molar-refractivity contribution in [3.8, 4) is 0 Å². The first-order valence-corrected chi connectivity index (χ1v) is 5.31. The number of hydrogen-bond donors (Lipinski definition) is 0. The summed E-state index contributed by atoms with van der Waals surface area (Å²) in [7, 11) is 0. The zero-order valence-electron chi connectivity index (χ0n) is 8.54. The molecule has 1 aliphatic rings. The molecule has 0 bridgehead atoms. The number of rotatable bonds is 1. The molecule has 0 N–H and O–H groups in total. The number of ether oxygens (including phenoxy) is 2. The molecule has 0 spiro atoms. The van der Waals surface area contributed by atoms with Crippen LogP contribution in [0.4, 0.5) is 0 Å². The molecular formula is C9H12O4S. The van der Waals surface area contributed by atoms with Crippen molar-refractivity contribution in [3.05, 3.63) is 10.5 Å². The van der Waals surface area contributed by atoms with Gasteiger partial charge < -0.3 is 9.47 Å². The third kappa shape index (κ3) is 2.09. The van der Waals surface area contributed by atoms with E-state index in [0.29, 0.717) is 4.91 Å². The van der Waals surface area contributed by atoms with Crippen molar-refractivity contribution < 1.29 is 19.1 Å². The number of allylic oxidation sites excluding steroid dienone is 1. The second-order valence-corrected chi connectivity index (χ2v) is 4.33. The molecule has 0 unspecified atom stereocenters. The minimum absolute atomic E-state index is 0.00294. The van der Waals surface area contributed by atoms with Crippen LogP contribution in [0.3, 0.4) is 0 Å². The summed E-state index contributed by atoms with van der Waals surface area (Å²) in [5, 5.41) is 0. The fourth-order valence-electron chi connectivity index (χ4n) is 1.04. The van der Waals surface area contributed by atoms with Gasteiger partial charge in [0.2, 0.25) is 0 Å². The zero-order chi connectivity index (χ0) is 10.9. The standard InChI is InChI=1S/C9H12O4S/c1-5(14-4)6-7(10)12-9(2,3)13-8(6)11/h1-4H3. The summed E-state index contributed by atoms with van der Waals surface area (Å²) in [4.78, 5) is 23.5. The molecule has 1 rings (SSSR count). The molecule has 0 aromatic heterocycles. The van der Waals surface area contributed by atoms with Gasteiger partial charge >= 0.3 is 11.9 Å². The SMILES string of the molecule is CSC(C)=C1C(=O)OC(C)(C)OC1=O. The molecule has 1 saturated heterocycles. The van der Waals surface area contributed by atoms with Gasteiger partial charge in [-0.15, -0.1) is 11.8 Å². The molecule has 0 radical (unpaired) electrons. The van der Waals surface area contributed by atoms with Crippen molar-refractivity contribution in [1.82, 2.24) is 0 Å². The van der Waals surface area contributed by atoms with Crippen molar-refractivity contribution in [2.24, 2.45) is 0 Å². The maximum absolute atomic E-state index is 11.4. The third-order valence-electron chi connectivity index (χ3n) is 1.74. The topological polar surface area (TPSA) is 52.6 Å². The minimum Gasteiger partial charge on any atom is -0.419 e. The molecule has 4 nitrogen and oxygen atoms in total. The van der Waals surface area contributed by atoms with E-state index in [1.807, 2.05) is 0 Å². The minimum atomic E-state index is -1.16. The molecule has 78 valence electrons. The average Bonchev–Trinajstić information content (AvgIpc) is 1.99. The predicted molar refractivity (Wildman–Crippen MR) is 52.5 cm³/mol. The smallest absolute Gasteiger partial charge is 0.349 e. The fraction of sp³-hybridized carbons (Fsp3) is 0.556. The Balaban J connectivity index is 3.04. The molecule has 1 heterocycles. The summed E-state index contributed by atoms with van der Waals surface area (Å²) in [6.45, 7) is 4.73. The van der Waals surface area contributed by atoms with Crippen LogP contribution in [0.5, 0.6) is 0 Å². The lowest BCUT2D eigenvalue weighted by atomic mass is 10.2. The summed E-state index contributed by atoms with van der Waals surface area (Å²) in [6, 6.07) is 0. The van der Waals surface area contributed by atoms with E-state index in [-0.39, 0.29) is 5.57 Å². The largest absolute Gasteiger partial charge is 0.419 e. The van der Waals surface area contributed by atoms with Gasteiger partial charge in [-0.1, -0.05) is 0 Å². The van der Waals surface area contributed by atoms with Crippen molar-refractivity contribution in [2.75, 3.05) is 6.26 Å². The van der Waals surface area contributed by atoms with Crippen LogP contribution in [0.1, 0.15) is 20.8 Å². The number of esters is 2. The molecule has 14 heavy (non-hydrogen) atoms. The van der Waals surface area contributed by atoms with Crippen molar-refractivity contribution in [1.29, 1.82) is 0 Å². The van der Waals surface area contributed by atoms with Crippen LogP contribution in [0, 0.1) is 0 Å². The van der Waals surface area contributed by atoms with E-state index < -0.39 is 17.7 Å². The quantitative estimate of drug-likeness (QED) is 0.377. The van der Waals surface area contributed by atoms with Crippen LogP contribution in [0.15, 0.2) is 10.5 Å². The number of thioether (sulfide) groups is 1. The molecule has 0 aliphatic carbocycles. The Morgan fingerprint density at radius 1 is 1.21 bits per heavy atom. The third-order valence-corrected chi connectivity index (χ3v) is 2.56. The summed E-state index contributed by atoms with van der Waals surface area (Å²) in [5.41, 5.74) is -0.00294. The van der Waals surface area contributed by atoms with Gasteiger partial charge in [-0.25, -0.2) is 9.59 Å². The van der Waals surface area contributed by atoms with E-state index in [1.165, 1.54) is 25.6 Å². The predicted octanol–water partition coefficient (Wildman–Crippen LogP) is 1.46.